The van der Waals surface area contributed by atoms with Gasteiger partial charge in [-0.25, -0.2) is 0 Å². The van der Waals surface area contributed by atoms with Gasteiger partial charge in [0.2, 0.25) is 0 Å². The van der Waals surface area contributed by atoms with E-state index in [1.54, 1.807) is 5.56 Å². The van der Waals surface area contributed by atoms with E-state index in [4.69, 9.17) is 5.73 Å². The van der Waals surface area contributed by atoms with Crippen molar-refractivity contribution in [3.8, 4) is 0 Å². The molecule has 0 saturated carbocycles. The van der Waals surface area contributed by atoms with Crippen molar-refractivity contribution in [2.75, 3.05) is 6.54 Å². The molecule has 0 saturated heterocycles. The van der Waals surface area contributed by atoms with Crippen LogP contribution in [0.15, 0.2) is 24.3 Å². The fourth-order valence-electron chi connectivity index (χ4n) is 2.35. The summed E-state index contributed by atoms with van der Waals surface area (Å²) < 4.78 is 0. The molecule has 0 atom stereocenters. The highest BCUT2D eigenvalue weighted by molar-refractivity contribution is 5.30. The molecule has 0 spiro atoms. The topological polar surface area (TPSA) is 26.0 Å². The maximum absolute atomic E-state index is 5.54. The summed E-state index contributed by atoms with van der Waals surface area (Å²) in [5.41, 5.74) is 8.63. The average Bonchev–Trinajstić information content (AvgIpc) is 2.33. The Morgan fingerprint density at radius 1 is 1.06 bits per heavy atom. The minimum atomic E-state index is 0.731. The van der Waals surface area contributed by atoms with Crippen LogP contribution in [0.2, 0.25) is 0 Å². The molecule has 0 fully saturated rings. The van der Waals surface area contributed by atoms with Crippen molar-refractivity contribution in [1.82, 2.24) is 0 Å². The van der Waals surface area contributed by atoms with Crippen LogP contribution in [0.4, 0.5) is 0 Å². The van der Waals surface area contributed by atoms with Gasteiger partial charge in [-0.05, 0) is 55.7 Å². The smallest absolute Gasteiger partial charge is 0.00772 e. The highest BCUT2D eigenvalue weighted by atomic mass is 14.5. The fourth-order valence-corrected chi connectivity index (χ4v) is 2.35. The second-order valence-electron chi connectivity index (χ2n) is 4.46. The summed E-state index contributed by atoms with van der Waals surface area (Å²) in [7, 11) is 0. The number of rotatable bonds is 7. The zero-order valence-electron chi connectivity index (χ0n) is 10.7. The predicted molar refractivity (Wildman–Crippen MR) is 71.8 cm³/mol. The summed E-state index contributed by atoms with van der Waals surface area (Å²) in [4.78, 5) is 0. The van der Waals surface area contributed by atoms with Crippen LogP contribution < -0.4 is 5.73 Å². The van der Waals surface area contributed by atoms with Gasteiger partial charge in [-0.2, -0.15) is 0 Å². The lowest BCUT2D eigenvalue weighted by Gasteiger charge is -2.17. The van der Waals surface area contributed by atoms with Crippen LogP contribution in [0.1, 0.15) is 56.6 Å². The Labute approximate surface area is 100 Å². The monoisotopic (exact) mass is 219 g/mol. The molecular weight excluding hydrogens is 194 g/mol. The first kappa shape index (κ1) is 13.2. The third kappa shape index (κ3) is 3.64. The summed E-state index contributed by atoms with van der Waals surface area (Å²) in [6.07, 6.45) is 6.02. The first-order valence-electron chi connectivity index (χ1n) is 6.61. The molecule has 0 aliphatic heterocycles. The predicted octanol–water partition coefficient (Wildman–Crippen LogP) is 3.87. The molecule has 1 aromatic carbocycles. The minimum Gasteiger partial charge on any atom is -0.330 e. The Morgan fingerprint density at radius 2 is 1.75 bits per heavy atom. The van der Waals surface area contributed by atoms with Gasteiger partial charge in [0.05, 0.1) is 0 Å². The molecule has 16 heavy (non-hydrogen) atoms. The molecule has 0 heterocycles. The molecular formula is C15H25N. The lowest BCUT2D eigenvalue weighted by Crippen LogP contribution is -2.03. The van der Waals surface area contributed by atoms with Crippen molar-refractivity contribution in [3.63, 3.8) is 0 Å². The van der Waals surface area contributed by atoms with E-state index >= 15 is 0 Å². The third-order valence-electron chi connectivity index (χ3n) is 3.38. The van der Waals surface area contributed by atoms with Crippen molar-refractivity contribution in [3.05, 3.63) is 35.4 Å². The van der Waals surface area contributed by atoms with Gasteiger partial charge < -0.3 is 5.73 Å². The van der Waals surface area contributed by atoms with Crippen LogP contribution in [0.3, 0.4) is 0 Å². The molecule has 0 unspecified atom stereocenters. The molecule has 90 valence electrons. The highest BCUT2D eigenvalue weighted by Crippen LogP contribution is 2.27. The third-order valence-corrected chi connectivity index (χ3v) is 3.38. The molecule has 1 aromatic rings. The van der Waals surface area contributed by atoms with Gasteiger partial charge >= 0.3 is 0 Å². The molecule has 1 heteroatoms. The summed E-state index contributed by atoms with van der Waals surface area (Å²) in [5, 5.41) is 0. The van der Waals surface area contributed by atoms with E-state index in [1.165, 1.54) is 31.2 Å². The molecule has 0 amide bonds. The van der Waals surface area contributed by atoms with Gasteiger partial charge in [-0.15, -0.1) is 0 Å². The fraction of sp³-hybridized carbons (Fsp3) is 0.600. The number of aryl methyl sites for hydroxylation is 1. The van der Waals surface area contributed by atoms with Gasteiger partial charge in [0, 0.05) is 0 Å². The van der Waals surface area contributed by atoms with E-state index in [-0.39, 0.29) is 0 Å². The van der Waals surface area contributed by atoms with Crippen LogP contribution in [0.5, 0.6) is 0 Å². The molecule has 2 N–H and O–H groups in total. The first-order chi connectivity index (χ1) is 7.83. The average molecular weight is 219 g/mol. The van der Waals surface area contributed by atoms with Gasteiger partial charge in [-0.1, -0.05) is 38.1 Å². The quantitative estimate of drug-likeness (QED) is 0.692. The number of nitrogens with two attached hydrogens (primary N) is 1. The molecule has 0 aliphatic carbocycles. The molecule has 0 radical (unpaired) electrons. The number of hydrogen-bond donors (Lipinski definition) is 1. The van der Waals surface area contributed by atoms with Crippen LogP contribution in [0.25, 0.3) is 0 Å². The molecule has 1 nitrogen and oxygen atoms in total. The molecule has 0 aliphatic rings. The van der Waals surface area contributed by atoms with Crippen molar-refractivity contribution in [2.45, 2.75) is 51.9 Å². The second-order valence-corrected chi connectivity index (χ2v) is 4.46. The van der Waals surface area contributed by atoms with E-state index in [1.807, 2.05) is 0 Å². The first-order valence-corrected chi connectivity index (χ1v) is 6.61. The van der Waals surface area contributed by atoms with E-state index in [0.717, 1.165) is 18.9 Å². The maximum atomic E-state index is 5.54. The lowest BCUT2D eigenvalue weighted by atomic mass is 9.88. The van der Waals surface area contributed by atoms with Gasteiger partial charge in [0.1, 0.15) is 0 Å². The highest BCUT2D eigenvalue weighted by Gasteiger charge is 2.10. The van der Waals surface area contributed by atoms with Crippen LogP contribution in [-0.4, -0.2) is 6.54 Å². The zero-order valence-corrected chi connectivity index (χ0v) is 10.7. The van der Waals surface area contributed by atoms with Gasteiger partial charge in [0.25, 0.3) is 0 Å². The summed E-state index contributed by atoms with van der Waals surface area (Å²) in [6.45, 7) is 5.38. The Morgan fingerprint density at radius 3 is 2.38 bits per heavy atom. The van der Waals surface area contributed by atoms with Gasteiger partial charge in [-0.3, -0.25) is 0 Å². The van der Waals surface area contributed by atoms with Crippen LogP contribution in [0, 0.1) is 0 Å². The van der Waals surface area contributed by atoms with Crippen molar-refractivity contribution < 1.29 is 0 Å². The van der Waals surface area contributed by atoms with Crippen LogP contribution in [-0.2, 0) is 6.42 Å². The SMILES string of the molecule is CCC(CC)c1ccccc1CCCCN. The second kappa shape index (κ2) is 7.45. The molecule has 1 rings (SSSR count). The van der Waals surface area contributed by atoms with E-state index in [2.05, 4.69) is 38.1 Å². The largest absolute Gasteiger partial charge is 0.330 e. The number of hydrogen-bond acceptors (Lipinski definition) is 1. The Hall–Kier alpha value is -0.820. The standard InChI is InChI=1S/C15H25N/c1-3-13(4-2)15-11-6-5-9-14(15)10-7-8-12-16/h5-6,9,11,13H,3-4,7-8,10,12,16H2,1-2H3. The van der Waals surface area contributed by atoms with E-state index in [9.17, 15) is 0 Å². The van der Waals surface area contributed by atoms with Crippen molar-refractivity contribution in [2.24, 2.45) is 5.73 Å². The van der Waals surface area contributed by atoms with Gasteiger partial charge in [0.15, 0.2) is 0 Å². The lowest BCUT2D eigenvalue weighted by molar-refractivity contribution is 0.629. The maximum Gasteiger partial charge on any atom is -0.00772 e. The van der Waals surface area contributed by atoms with E-state index < -0.39 is 0 Å². The molecule has 0 bridgehead atoms. The number of unbranched alkanes of at least 4 members (excludes halogenated alkanes) is 1. The van der Waals surface area contributed by atoms with Crippen molar-refractivity contribution >= 4 is 0 Å². The normalized spacial score (nSPS) is 11.0. The van der Waals surface area contributed by atoms with Crippen LogP contribution >= 0.6 is 0 Å². The summed E-state index contributed by atoms with van der Waals surface area (Å²) >= 11 is 0. The number of benzene rings is 1. The zero-order chi connectivity index (χ0) is 11.8. The summed E-state index contributed by atoms with van der Waals surface area (Å²) in [5.74, 6) is 0.731. The molecule has 0 aromatic heterocycles. The Bertz CT molecular complexity index is 289. The Kier molecular flexibility index (Phi) is 6.17. The summed E-state index contributed by atoms with van der Waals surface area (Å²) in [6, 6.07) is 8.91. The minimum absolute atomic E-state index is 0.731. The van der Waals surface area contributed by atoms with E-state index in [0.29, 0.717) is 0 Å². The Balaban J connectivity index is 2.74. The van der Waals surface area contributed by atoms with Crippen molar-refractivity contribution in [1.29, 1.82) is 0 Å².